The Balaban J connectivity index is 3.00. The van der Waals surface area contributed by atoms with Crippen molar-refractivity contribution in [2.24, 2.45) is 0 Å². The molecule has 17 heavy (non-hydrogen) atoms. The van der Waals surface area contributed by atoms with Gasteiger partial charge in [-0.3, -0.25) is 4.79 Å². The normalized spacial score (nSPS) is 12.0. The number of hydrogen-bond donors (Lipinski definition) is 0. The van der Waals surface area contributed by atoms with Crippen LogP contribution in [0.3, 0.4) is 0 Å². The standard InChI is InChI=1S/C13H18O3S/c1-5-16-13(14)9(2)11-7-6-10(15-3)8-12(11)17-4/h6-9H,5H2,1-4H3. The molecule has 0 aliphatic heterocycles. The fraction of sp³-hybridized carbons (Fsp3) is 0.462. The Morgan fingerprint density at radius 3 is 2.71 bits per heavy atom. The molecular formula is C13H18O3S. The lowest BCUT2D eigenvalue weighted by Gasteiger charge is -2.15. The van der Waals surface area contributed by atoms with Crippen molar-refractivity contribution in [2.75, 3.05) is 20.0 Å². The highest BCUT2D eigenvalue weighted by Gasteiger charge is 2.19. The predicted molar refractivity (Wildman–Crippen MR) is 69.8 cm³/mol. The van der Waals surface area contributed by atoms with Gasteiger partial charge in [0.2, 0.25) is 0 Å². The molecule has 1 rings (SSSR count). The van der Waals surface area contributed by atoms with Crippen molar-refractivity contribution in [3.63, 3.8) is 0 Å². The van der Waals surface area contributed by atoms with E-state index in [1.807, 2.05) is 38.3 Å². The van der Waals surface area contributed by atoms with E-state index in [2.05, 4.69) is 0 Å². The summed E-state index contributed by atoms with van der Waals surface area (Å²) in [5.41, 5.74) is 0.983. The van der Waals surface area contributed by atoms with E-state index in [9.17, 15) is 4.79 Å². The maximum absolute atomic E-state index is 11.7. The van der Waals surface area contributed by atoms with Gasteiger partial charge in [-0.2, -0.15) is 0 Å². The van der Waals surface area contributed by atoms with E-state index in [0.717, 1.165) is 16.2 Å². The minimum atomic E-state index is -0.247. The van der Waals surface area contributed by atoms with E-state index in [0.29, 0.717) is 6.61 Å². The minimum Gasteiger partial charge on any atom is -0.497 e. The summed E-state index contributed by atoms with van der Waals surface area (Å²) in [4.78, 5) is 12.7. The van der Waals surface area contributed by atoms with Crippen molar-refractivity contribution in [1.82, 2.24) is 0 Å². The largest absolute Gasteiger partial charge is 0.497 e. The second kappa shape index (κ2) is 6.55. The number of thioether (sulfide) groups is 1. The average molecular weight is 254 g/mol. The third kappa shape index (κ3) is 3.40. The summed E-state index contributed by atoms with van der Waals surface area (Å²) >= 11 is 1.60. The molecule has 0 amide bonds. The minimum absolute atomic E-state index is 0.187. The van der Waals surface area contributed by atoms with Gasteiger partial charge in [0.15, 0.2) is 0 Å². The van der Waals surface area contributed by atoms with Gasteiger partial charge < -0.3 is 9.47 Å². The number of methoxy groups -OCH3 is 1. The molecule has 3 nitrogen and oxygen atoms in total. The molecule has 4 heteroatoms. The van der Waals surface area contributed by atoms with Crippen LogP contribution in [0.2, 0.25) is 0 Å². The van der Waals surface area contributed by atoms with Crippen LogP contribution in [0.1, 0.15) is 25.3 Å². The van der Waals surface area contributed by atoms with Crippen LogP contribution in [0.15, 0.2) is 23.1 Å². The molecule has 0 spiro atoms. The van der Waals surface area contributed by atoms with E-state index in [1.54, 1.807) is 18.9 Å². The van der Waals surface area contributed by atoms with Gasteiger partial charge in [-0.05, 0) is 37.8 Å². The number of ether oxygens (including phenoxy) is 2. The Labute approximate surface area is 106 Å². The number of carbonyl (C=O) groups excluding carboxylic acids is 1. The number of benzene rings is 1. The van der Waals surface area contributed by atoms with Crippen molar-refractivity contribution in [2.45, 2.75) is 24.7 Å². The number of carbonyl (C=O) groups is 1. The van der Waals surface area contributed by atoms with E-state index in [4.69, 9.17) is 9.47 Å². The zero-order valence-corrected chi connectivity index (χ0v) is 11.5. The van der Waals surface area contributed by atoms with Gasteiger partial charge >= 0.3 is 5.97 Å². The zero-order valence-electron chi connectivity index (χ0n) is 10.6. The molecule has 0 radical (unpaired) electrons. The molecule has 1 aromatic carbocycles. The highest BCUT2D eigenvalue weighted by atomic mass is 32.2. The number of rotatable bonds is 5. The molecule has 0 bridgehead atoms. The van der Waals surface area contributed by atoms with Crippen LogP contribution in [0, 0.1) is 0 Å². The molecule has 94 valence electrons. The summed E-state index contributed by atoms with van der Waals surface area (Å²) in [6.07, 6.45) is 1.98. The molecule has 0 N–H and O–H groups in total. The molecule has 0 fully saturated rings. The van der Waals surface area contributed by atoms with Crippen molar-refractivity contribution in [1.29, 1.82) is 0 Å². The molecule has 0 heterocycles. The lowest BCUT2D eigenvalue weighted by atomic mass is 10.0. The molecule has 1 atom stereocenters. The number of esters is 1. The number of hydrogen-bond acceptors (Lipinski definition) is 4. The second-order valence-electron chi connectivity index (χ2n) is 3.58. The topological polar surface area (TPSA) is 35.5 Å². The van der Waals surface area contributed by atoms with Gasteiger partial charge in [-0.15, -0.1) is 11.8 Å². The summed E-state index contributed by atoms with van der Waals surface area (Å²) in [7, 11) is 1.63. The molecule has 1 aromatic rings. The van der Waals surface area contributed by atoms with E-state index < -0.39 is 0 Å². The first-order valence-electron chi connectivity index (χ1n) is 5.52. The summed E-state index contributed by atoms with van der Waals surface area (Å²) in [5.74, 6) is 0.366. The molecule has 0 aliphatic rings. The third-order valence-corrected chi connectivity index (χ3v) is 3.34. The second-order valence-corrected chi connectivity index (χ2v) is 4.43. The molecule has 1 unspecified atom stereocenters. The van der Waals surface area contributed by atoms with Gasteiger partial charge in [-0.1, -0.05) is 6.07 Å². The quantitative estimate of drug-likeness (QED) is 0.597. The Morgan fingerprint density at radius 1 is 1.47 bits per heavy atom. The summed E-state index contributed by atoms with van der Waals surface area (Å²) in [6.45, 7) is 4.08. The van der Waals surface area contributed by atoms with Gasteiger partial charge in [0.25, 0.3) is 0 Å². The van der Waals surface area contributed by atoms with Gasteiger partial charge in [0.05, 0.1) is 19.6 Å². The van der Waals surface area contributed by atoms with Crippen molar-refractivity contribution in [3.05, 3.63) is 23.8 Å². The van der Waals surface area contributed by atoms with Crippen LogP contribution >= 0.6 is 11.8 Å². The third-order valence-electron chi connectivity index (χ3n) is 2.55. The Bertz CT molecular complexity index is 390. The van der Waals surface area contributed by atoms with Crippen LogP contribution in [-0.2, 0) is 9.53 Å². The molecule has 0 aliphatic carbocycles. The van der Waals surface area contributed by atoms with Crippen molar-refractivity contribution < 1.29 is 14.3 Å². The van der Waals surface area contributed by atoms with Gasteiger partial charge in [0.1, 0.15) is 5.75 Å². The maximum atomic E-state index is 11.7. The van der Waals surface area contributed by atoms with Gasteiger partial charge in [-0.25, -0.2) is 0 Å². The SMILES string of the molecule is CCOC(=O)C(C)c1ccc(OC)cc1SC. The Kier molecular flexibility index (Phi) is 5.35. The van der Waals surface area contributed by atoms with Crippen LogP contribution in [0.25, 0.3) is 0 Å². The summed E-state index contributed by atoms with van der Waals surface area (Å²) in [5, 5.41) is 0. The lowest BCUT2D eigenvalue weighted by Crippen LogP contribution is -2.13. The summed E-state index contributed by atoms with van der Waals surface area (Å²) < 4.78 is 10.2. The Morgan fingerprint density at radius 2 is 2.18 bits per heavy atom. The first-order chi connectivity index (χ1) is 8.13. The fourth-order valence-corrected chi connectivity index (χ4v) is 2.28. The zero-order chi connectivity index (χ0) is 12.8. The molecule has 0 saturated heterocycles. The van der Waals surface area contributed by atoms with Gasteiger partial charge in [0, 0.05) is 4.90 Å². The smallest absolute Gasteiger partial charge is 0.313 e. The monoisotopic (exact) mass is 254 g/mol. The fourth-order valence-electron chi connectivity index (χ4n) is 1.57. The lowest BCUT2D eigenvalue weighted by molar-refractivity contribution is -0.144. The first-order valence-corrected chi connectivity index (χ1v) is 6.75. The highest BCUT2D eigenvalue weighted by Crippen LogP contribution is 2.31. The summed E-state index contributed by atoms with van der Waals surface area (Å²) in [6, 6.07) is 5.73. The van der Waals surface area contributed by atoms with Crippen molar-refractivity contribution >= 4 is 17.7 Å². The van der Waals surface area contributed by atoms with Crippen LogP contribution < -0.4 is 4.74 Å². The van der Waals surface area contributed by atoms with E-state index in [1.165, 1.54) is 0 Å². The van der Waals surface area contributed by atoms with Crippen LogP contribution in [-0.4, -0.2) is 25.9 Å². The van der Waals surface area contributed by atoms with Crippen molar-refractivity contribution in [3.8, 4) is 5.75 Å². The molecular weight excluding hydrogens is 236 g/mol. The predicted octanol–water partition coefficient (Wildman–Crippen LogP) is 3.08. The van der Waals surface area contributed by atoms with Crippen LogP contribution in [0.4, 0.5) is 0 Å². The highest BCUT2D eigenvalue weighted by molar-refractivity contribution is 7.98. The Hall–Kier alpha value is -1.16. The average Bonchev–Trinajstić information content (AvgIpc) is 2.37. The molecule has 0 aromatic heterocycles. The first kappa shape index (κ1) is 13.9. The maximum Gasteiger partial charge on any atom is 0.313 e. The van der Waals surface area contributed by atoms with E-state index >= 15 is 0 Å². The van der Waals surface area contributed by atoms with Crippen LogP contribution in [0.5, 0.6) is 5.75 Å². The van der Waals surface area contributed by atoms with E-state index in [-0.39, 0.29) is 11.9 Å². The molecule has 0 saturated carbocycles.